The van der Waals surface area contributed by atoms with Crippen LogP contribution in [0.1, 0.15) is 11.3 Å². The van der Waals surface area contributed by atoms with Gasteiger partial charge in [0.15, 0.2) is 11.5 Å². The standard InChI is InChI=1S/C18H21N3O6/c1-12-4-6-14(21(24)25)18(23)20(12)11-17(22)19-9-8-13-5-7-15(26-2)16(10-13)27-3/h4-7,10H,8-9,11H2,1-3H3,(H,19,22). The average Bonchev–Trinajstić information content (AvgIpc) is 2.64. The Morgan fingerprint density at radius 1 is 1.19 bits per heavy atom. The molecule has 144 valence electrons. The average molecular weight is 375 g/mol. The third-order valence-corrected chi connectivity index (χ3v) is 4.05. The summed E-state index contributed by atoms with van der Waals surface area (Å²) in [5.41, 5.74) is 0.0612. The largest absolute Gasteiger partial charge is 0.493 e. The smallest absolute Gasteiger partial charge is 0.334 e. The van der Waals surface area contributed by atoms with E-state index in [4.69, 9.17) is 9.47 Å². The van der Waals surface area contributed by atoms with Crippen LogP contribution in [0.5, 0.6) is 11.5 Å². The van der Waals surface area contributed by atoms with Gasteiger partial charge in [0.25, 0.3) is 0 Å². The van der Waals surface area contributed by atoms with Crippen molar-refractivity contribution in [2.75, 3.05) is 20.8 Å². The predicted molar refractivity (Wildman–Crippen MR) is 98.4 cm³/mol. The van der Waals surface area contributed by atoms with Crippen molar-refractivity contribution in [1.82, 2.24) is 9.88 Å². The van der Waals surface area contributed by atoms with Gasteiger partial charge in [0.2, 0.25) is 5.91 Å². The normalized spacial score (nSPS) is 10.3. The first-order valence-corrected chi connectivity index (χ1v) is 8.19. The van der Waals surface area contributed by atoms with Crippen LogP contribution < -0.4 is 20.3 Å². The molecule has 27 heavy (non-hydrogen) atoms. The highest BCUT2D eigenvalue weighted by Crippen LogP contribution is 2.27. The molecule has 0 saturated carbocycles. The number of nitrogens with zero attached hydrogens (tertiary/aromatic N) is 2. The Balaban J connectivity index is 1.99. The SMILES string of the molecule is COc1ccc(CCNC(=O)Cn2c(C)ccc([N+](=O)[O-])c2=O)cc1OC. The van der Waals surface area contributed by atoms with E-state index in [-0.39, 0.29) is 6.54 Å². The minimum absolute atomic E-state index is 0.279. The van der Waals surface area contributed by atoms with Crippen LogP contribution in [-0.4, -0.2) is 36.2 Å². The number of carbonyl (C=O) groups excluding carboxylic acids is 1. The number of benzene rings is 1. The van der Waals surface area contributed by atoms with Gasteiger partial charge >= 0.3 is 11.2 Å². The number of hydrogen-bond donors (Lipinski definition) is 1. The minimum atomic E-state index is -0.796. The maximum absolute atomic E-state index is 12.1. The van der Waals surface area contributed by atoms with Gasteiger partial charge < -0.3 is 14.8 Å². The van der Waals surface area contributed by atoms with Gasteiger partial charge in [-0.2, -0.15) is 0 Å². The minimum Gasteiger partial charge on any atom is -0.493 e. The lowest BCUT2D eigenvalue weighted by Crippen LogP contribution is -2.34. The lowest BCUT2D eigenvalue weighted by atomic mass is 10.1. The van der Waals surface area contributed by atoms with Gasteiger partial charge in [0, 0.05) is 18.3 Å². The molecular formula is C18H21N3O6. The van der Waals surface area contributed by atoms with Crippen LogP contribution in [0.25, 0.3) is 0 Å². The second-order valence-corrected chi connectivity index (χ2v) is 5.80. The van der Waals surface area contributed by atoms with Crippen LogP contribution in [0.15, 0.2) is 35.1 Å². The number of amides is 1. The monoisotopic (exact) mass is 375 g/mol. The molecule has 9 nitrogen and oxygen atoms in total. The predicted octanol–water partition coefficient (Wildman–Crippen LogP) is 1.44. The summed E-state index contributed by atoms with van der Waals surface area (Å²) in [5.74, 6) is 0.812. The number of hydrogen-bond acceptors (Lipinski definition) is 6. The number of pyridine rings is 1. The van der Waals surface area contributed by atoms with Crippen molar-refractivity contribution < 1.29 is 19.2 Å². The molecule has 0 aliphatic carbocycles. The first-order valence-electron chi connectivity index (χ1n) is 8.19. The molecule has 0 aliphatic rings. The molecule has 0 bridgehead atoms. The molecule has 9 heteroatoms. The summed E-state index contributed by atoms with van der Waals surface area (Å²) in [6, 6.07) is 8.05. The van der Waals surface area contributed by atoms with Gasteiger partial charge in [-0.15, -0.1) is 0 Å². The third kappa shape index (κ3) is 4.84. The quantitative estimate of drug-likeness (QED) is 0.552. The van der Waals surface area contributed by atoms with Gasteiger partial charge in [-0.05, 0) is 37.1 Å². The molecule has 1 amide bonds. The van der Waals surface area contributed by atoms with Crippen molar-refractivity contribution in [1.29, 1.82) is 0 Å². The summed E-state index contributed by atoms with van der Waals surface area (Å²) in [4.78, 5) is 34.3. The lowest BCUT2D eigenvalue weighted by molar-refractivity contribution is -0.386. The zero-order valence-electron chi connectivity index (χ0n) is 15.4. The van der Waals surface area contributed by atoms with Crippen molar-refractivity contribution in [3.8, 4) is 11.5 Å². The van der Waals surface area contributed by atoms with Crippen LogP contribution in [0, 0.1) is 17.0 Å². The number of nitrogens with one attached hydrogen (secondary N) is 1. The van der Waals surface area contributed by atoms with Gasteiger partial charge in [0.1, 0.15) is 6.54 Å². The number of aromatic nitrogens is 1. The second kappa shape index (κ2) is 8.84. The van der Waals surface area contributed by atoms with Crippen LogP contribution in [0.4, 0.5) is 5.69 Å². The topological polar surface area (TPSA) is 113 Å². The summed E-state index contributed by atoms with van der Waals surface area (Å²) in [5, 5.41) is 13.6. The summed E-state index contributed by atoms with van der Waals surface area (Å²) >= 11 is 0. The van der Waals surface area contributed by atoms with Gasteiger partial charge in [-0.3, -0.25) is 24.3 Å². The molecule has 1 heterocycles. The maximum atomic E-state index is 12.1. The van der Waals surface area contributed by atoms with E-state index in [1.165, 1.54) is 6.07 Å². The molecule has 0 unspecified atom stereocenters. The summed E-state index contributed by atoms with van der Waals surface area (Å²) < 4.78 is 11.5. The molecule has 2 aromatic rings. The molecule has 0 aliphatic heterocycles. The highest BCUT2D eigenvalue weighted by molar-refractivity contribution is 5.75. The molecule has 0 fully saturated rings. The number of carbonyl (C=O) groups is 1. The number of nitro groups is 1. The fraction of sp³-hybridized carbons (Fsp3) is 0.333. The molecule has 1 aromatic heterocycles. The highest BCUT2D eigenvalue weighted by Gasteiger charge is 2.17. The first-order chi connectivity index (χ1) is 12.9. The Morgan fingerprint density at radius 2 is 1.89 bits per heavy atom. The fourth-order valence-corrected chi connectivity index (χ4v) is 2.58. The number of rotatable bonds is 8. The second-order valence-electron chi connectivity index (χ2n) is 5.80. The zero-order valence-corrected chi connectivity index (χ0v) is 15.4. The summed E-state index contributed by atoms with van der Waals surface area (Å²) in [7, 11) is 3.10. The van der Waals surface area contributed by atoms with Gasteiger partial charge in [0.05, 0.1) is 19.1 Å². The Hall–Kier alpha value is -3.36. The molecule has 0 saturated heterocycles. The molecule has 0 radical (unpaired) electrons. The van der Waals surface area contributed by atoms with E-state index in [2.05, 4.69) is 5.32 Å². The van der Waals surface area contributed by atoms with Gasteiger partial charge in [-0.1, -0.05) is 6.07 Å². The van der Waals surface area contributed by atoms with Crippen LogP contribution in [-0.2, 0) is 17.8 Å². The molecule has 2 rings (SSSR count). The molecule has 0 atom stereocenters. The van der Waals surface area contributed by atoms with E-state index in [0.29, 0.717) is 30.2 Å². The summed E-state index contributed by atoms with van der Waals surface area (Å²) in [6.45, 7) is 1.68. The number of aryl methyl sites for hydroxylation is 1. The third-order valence-electron chi connectivity index (χ3n) is 4.05. The van der Waals surface area contributed by atoms with Gasteiger partial charge in [-0.25, -0.2) is 0 Å². The Labute approximate surface area is 155 Å². The Kier molecular flexibility index (Phi) is 6.53. The van der Waals surface area contributed by atoms with E-state index in [1.54, 1.807) is 27.2 Å². The first kappa shape index (κ1) is 20.0. The summed E-state index contributed by atoms with van der Waals surface area (Å²) in [6.07, 6.45) is 0.551. The Morgan fingerprint density at radius 3 is 2.52 bits per heavy atom. The van der Waals surface area contributed by atoms with E-state index in [9.17, 15) is 19.7 Å². The van der Waals surface area contributed by atoms with Crippen molar-refractivity contribution in [3.63, 3.8) is 0 Å². The molecular weight excluding hydrogens is 354 g/mol. The molecule has 1 aromatic carbocycles. The molecule has 1 N–H and O–H groups in total. The number of ether oxygens (including phenoxy) is 2. The Bertz CT molecular complexity index is 906. The molecule has 0 spiro atoms. The lowest BCUT2D eigenvalue weighted by Gasteiger charge is -2.11. The van der Waals surface area contributed by atoms with Crippen molar-refractivity contribution in [2.45, 2.75) is 19.9 Å². The van der Waals surface area contributed by atoms with Crippen LogP contribution >= 0.6 is 0 Å². The highest BCUT2D eigenvalue weighted by atomic mass is 16.6. The van der Waals surface area contributed by atoms with E-state index in [1.807, 2.05) is 12.1 Å². The number of methoxy groups -OCH3 is 2. The van der Waals surface area contributed by atoms with Crippen molar-refractivity contribution >= 4 is 11.6 Å². The van der Waals surface area contributed by atoms with Crippen molar-refractivity contribution in [3.05, 3.63) is 62.1 Å². The van der Waals surface area contributed by atoms with Crippen molar-refractivity contribution in [2.24, 2.45) is 0 Å². The zero-order chi connectivity index (χ0) is 20.0. The van der Waals surface area contributed by atoms with Crippen LogP contribution in [0.2, 0.25) is 0 Å². The van der Waals surface area contributed by atoms with E-state index < -0.39 is 22.1 Å². The van der Waals surface area contributed by atoms with Crippen LogP contribution in [0.3, 0.4) is 0 Å². The van der Waals surface area contributed by atoms with E-state index >= 15 is 0 Å². The van der Waals surface area contributed by atoms with E-state index in [0.717, 1.165) is 16.2 Å². The fourth-order valence-electron chi connectivity index (χ4n) is 2.58. The maximum Gasteiger partial charge on any atom is 0.334 e.